The second kappa shape index (κ2) is 4.89. The van der Waals surface area contributed by atoms with Gasteiger partial charge < -0.3 is 5.73 Å². The number of nitriles is 1. The van der Waals surface area contributed by atoms with Gasteiger partial charge in [0.2, 0.25) is 0 Å². The number of anilines is 1. The van der Waals surface area contributed by atoms with Crippen molar-refractivity contribution in [2.75, 3.05) is 5.73 Å². The summed E-state index contributed by atoms with van der Waals surface area (Å²) < 4.78 is 13.0. The number of hydrogen-bond donors (Lipinski definition) is 1. The van der Waals surface area contributed by atoms with Crippen LogP contribution < -0.4 is 5.73 Å². The standard InChI is InChI=1S/C13H9FN2S/c14-10-2-1-3-11(6-10)17-12-5-4-9(8-15)13(16)7-12/h1-7H,16H2. The Bertz CT molecular complexity index is 590. The highest BCUT2D eigenvalue weighted by Crippen LogP contribution is 2.30. The Labute approximate surface area is 103 Å². The Hall–Kier alpha value is -1.99. The molecule has 0 aliphatic carbocycles. The van der Waals surface area contributed by atoms with Gasteiger partial charge in [0.05, 0.1) is 11.3 Å². The molecular formula is C13H9FN2S. The van der Waals surface area contributed by atoms with Crippen molar-refractivity contribution in [2.24, 2.45) is 0 Å². The lowest BCUT2D eigenvalue weighted by atomic mass is 10.2. The van der Waals surface area contributed by atoms with Crippen LogP contribution in [0, 0.1) is 17.1 Å². The average Bonchev–Trinajstić information content (AvgIpc) is 2.29. The molecule has 0 saturated heterocycles. The van der Waals surface area contributed by atoms with Crippen molar-refractivity contribution in [2.45, 2.75) is 9.79 Å². The molecule has 84 valence electrons. The number of rotatable bonds is 2. The van der Waals surface area contributed by atoms with Crippen LogP contribution >= 0.6 is 11.8 Å². The first-order valence-electron chi connectivity index (χ1n) is 4.92. The Kier molecular flexibility index (Phi) is 3.31. The van der Waals surface area contributed by atoms with E-state index in [2.05, 4.69) is 0 Å². The van der Waals surface area contributed by atoms with Crippen LogP contribution in [0.2, 0.25) is 0 Å². The van der Waals surface area contributed by atoms with Gasteiger partial charge in [0.25, 0.3) is 0 Å². The molecule has 4 heteroatoms. The SMILES string of the molecule is N#Cc1ccc(Sc2cccc(F)c2)cc1N. The summed E-state index contributed by atoms with van der Waals surface area (Å²) in [7, 11) is 0. The maximum Gasteiger partial charge on any atom is 0.124 e. The fourth-order valence-electron chi connectivity index (χ4n) is 1.37. The number of benzene rings is 2. The van der Waals surface area contributed by atoms with Crippen LogP contribution in [0.1, 0.15) is 5.56 Å². The summed E-state index contributed by atoms with van der Waals surface area (Å²) >= 11 is 1.41. The van der Waals surface area contributed by atoms with E-state index in [1.165, 1.54) is 23.9 Å². The van der Waals surface area contributed by atoms with Gasteiger partial charge >= 0.3 is 0 Å². The third-order valence-corrected chi connectivity index (χ3v) is 3.15. The van der Waals surface area contributed by atoms with Crippen molar-refractivity contribution in [3.8, 4) is 6.07 Å². The van der Waals surface area contributed by atoms with Gasteiger partial charge in [-0.15, -0.1) is 0 Å². The lowest BCUT2D eigenvalue weighted by molar-refractivity contribution is 0.624. The zero-order valence-electron chi connectivity index (χ0n) is 8.85. The van der Waals surface area contributed by atoms with Crippen molar-refractivity contribution >= 4 is 17.4 Å². The quantitative estimate of drug-likeness (QED) is 0.823. The first kappa shape index (κ1) is 11.5. The predicted molar refractivity (Wildman–Crippen MR) is 66.1 cm³/mol. The van der Waals surface area contributed by atoms with Crippen LogP contribution in [0.25, 0.3) is 0 Å². The second-order valence-corrected chi connectivity index (χ2v) is 4.57. The van der Waals surface area contributed by atoms with Gasteiger partial charge in [-0.2, -0.15) is 5.26 Å². The molecule has 0 fully saturated rings. The first-order chi connectivity index (χ1) is 8.19. The largest absolute Gasteiger partial charge is 0.398 e. The molecule has 0 bridgehead atoms. The summed E-state index contributed by atoms with van der Waals surface area (Å²) in [6.45, 7) is 0. The molecular weight excluding hydrogens is 235 g/mol. The van der Waals surface area contributed by atoms with Gasteiger partial charge in [-0.1, -0.05) is 17.8 Å². The number of nitrogens with two attached hydrogens (primary N) is 1. The van der Waals surface area contributed by atoms with E-state index in [-0.39, 0.29) is 5.82 Å². The minimum absolute atomic E-state index is 0.267. The highest BCUT2D eigenvalue weighted by Gasteiger charge is 2.02. The van der Waals surface area contributed by atoms with Crippen LogP contribution in [0.4, 0.5) is 10.1 Å². The van der Waals surface area contributed by atoms with Gasteiger partial charge in [-0.25, -0.2) is 4.39 Å². The number of nitrogen functional groups attached to an aromatic ring is 1. The van der Waals surface area contributed by atoms with Gasteiger partial charge in [0.1, 0.15) is 11.9 Å². The number of halogens is 1. The molecule has 0 radical (unpaired) electrons. The lowest BCUT2D eigenvalue weighted by Crippen LogP contribution is -1.90. The molecule has 0 aliphatic heterocycles. The molecule has 2 rings (SSSR count). The minimum atomic E-state index is -0.267. The molecule has 0 saturated carbocycles. The van der Waals surface area contributed by atoms with E-state index < -0.39 is 0 Å². The van der Waals surface area contributed by atoms with Crippen LogP contribution in [0.5, 0.6) is 0 Å². The van der Waals surface area contributed by atoms with Crippen molar-refractivity contribution in [3.05, 3.63) is 53.8 Å². The van der Waals surface area contributed by atoms with Crippen molar-refractivity contribution in [1.29, 1.82) is 5.26 Å². The minimum Gasteiger partial charge on any atom is -0.398 e. The Morgan fingerprint density at radius 2 is 1.88 bits per heavy atom. The van der Waals surface area contributed by atoms with Gasteiger partial charge in [0.15, 0.2) is 0 Å². The number of hydrogen-bond acceptors (Lipinski definition) is 3. The topological polar surface area (TPSA) is 49.8 Å². The summed E-state index contributed by atoms with van der Waals surface area (Å²) in [6, 6.07) is 13.5. The molecule has 2 nitrogen and oxygen atoms in total. The van der Waals surface area contributed by atoms with E-state index in [1.54, 1.807) is 24.3 Å². The molecule has 0 aliphatic rings. The average molecular weight is 244 g/mol. The first-order valence-corrected chi connectivity index (χ1v) is 5.74. The zero-order valence-corrected chi connectivity index (χ0v) is 9.67. The van der Waals surface area contributed by atoms with Crippen LogP contribution in [0.3, 0.4) is 0 Å². The lowest BCUT2D eigenvalue weighted by Gasteiger charge is -2.04. The molecule has 2 aromatic carbocycles. The van der Waals surface area contributed by atoms with E-state index in [0.717, 1.165) is 9.79 Å². The monoisotopic (exact) mass is 244 g/mol. The molecule has 0 atom stereocenters. The fraction of sp³-hybridized carbons (Fsp3) is 0. The van der Waals surface area contributed by atoms with Gasteiger partial charge in [0, 0.05) is 9.79 Å². The molecule has 0 heterocycles. The van der Waals surface area contributed by atoms with E-state index in [0.29, 0.717) is 11.3 Å². The predicted octanol–water partition coefficient (Wildman–Crippen LogP) is 3.43. The van der Waals surface area contributed by atoms with Crippen LogP contribution in [-0.2, 0) is 0 Å². The normalized spacial score (nSPS) is 9.88. The summed E-state index contributed by atoms with van der Waals surface area (Å²) in [5.74, 6) is -0.267. The Morgan fingerprint density at radius 1 is 1.12 bits per heavy atom. The number of nitrogens with zero attached hydrogens (tertiary/aromatic N) is 1. The van der Waals surface area contributed by atoms with E-state index in [9.17, 15) is 4.39 Å². The summed E-state index contributed by atoms with van der Waals surface area (Å²) in [6.07, 6.45) is 0. The van der Waals surface area contributed by atoms with Crippen molar-refractivity contribution in [3.63, 3.8) is 0 Å². The fourth-order valence-corrected chi connectivity index (χ4v) is 2.28. The maximum absolute atomic E-state index is 13.0. The molecule has 17 heavy (non-hydrogen) atoms. The zero-order chi connectivity index (χ0) is 12.3. The summed E-state index contributed by atoms with van der Waals surface area (Å²) in [5.41, 5.74) is 6.60. The Balaban J connectivity index is 2.25. The third-order valence-electron chi connectivity index (χ3n) is 2.18. The summed E-state index contributed by atoms with van der Waals surface area (Å²) in [4.78, 5) is 1.68. The van der Waals surface area contributed by atoms with Crippen LogP contribution in [-0.4, -0.2) is 0 Å². The molecule has 0 aromatic heterocycles. The molecule has 0 amide bonds. The molecule has 2 aromatic rings. The van der Waals surface area contributed by atoms with Gasteiger partial charge in [-0.05, 0) is 36.4 Å². The van der Waals surface area contributed by atoms with E-state index in [4.69, 9.17) is 11.0 Å². The molecule has 0 unspecified atom stereocenters. The van der Waals surface area contributed by atoms with Crippen molar-refractivity contribution in [1.82, 2.24) is 0 Å². The maximum atomic E-state index is 13.0. The van der Waals surface area contributed by atoms with Crippen LogP contribution in [0.15, 0.2) is 52.3 Å². The van der Waals surface area contributed by atoms with E-state index >= 15 is 0 Å². The summed E-state index contributed by atoms with van der Waals surface area (Å²) in [5, 5.41) is 8.75. The smallest absolute Gasteiger partial charge is 0.124 e. The highest BCUT2D eigenvalue weighted by atomic mass is 32.2. The Morgan fingerprint density at radius 3 is 2.53 bits per heavy atom. The molecule has 2 N–H and O–H groups in total. The second-order valence-electron chi connectivity index (χ2n) is 3.42. The van der Waals surface area contributed by atoms with Crippen molar-refractivity contribution < 1.29 is 4.39 Å². The van der Waals surface area contributed by atoms with E-state index in [1.807, 2.05) is 12.1 Å². The molecule has 0 spiro atoms. The van der Waals surface area contributed by atoms with Gasteiger partial charge in [-0.3, -0.25) is 0 Å². The third kappa shape index (κ3) is 2.77. The highest BCUT2D eigenvalue weighted by molar-refractivity contribution is 7.99.